The summed E-state index contributed by atoms with van der Waals surface area (Å²) in [5.41, 5.74) is 1.30. The molecule has 0 unspecified atom stereocenters. The van der Waals surface area contributed by atoms with Gasteiger partial charge in [0.2, 0.25) is 0 Å². The van der Waals surface area contributed by atoms with E-state index in [1.165, 1.54) is 24.8 Å². The second kappa shape index (κ2) is 13.2. The third-order valence-electron chi connectivity index (χ3n) is 2.75. The van der Waals surface area contributed by atoms with Crippen LogP contribution in [0.1, 0.15) is 45.1 Å². The van der Waals surface area contributed by atoms with Crippen molar-refractivity contribution in [2.45, 2.75) is 46.1 Å². The van der Waals surface area contributed by atoms with E-state index in [2.05, 4.69) is 24.0 Å². The highest BCUT2D eigenvalue weighted by atomic mass is 16.5. The van der Waals surface area contributed by atoms with E-state index in [9.17, 15) is 0 Å². The minimum Gasteiger partial charge on any atom is -0.497 e. The Morgan fingerprint density at radius 1 is 1.11 bits per heavy atom. The van der Waals surface area contributed by atoms with Crippen molar-refractivity contribution in [3.63, 3.8) is 0 Å². The third kappa shape index (κ3) is 9.32. The van der Waals surface area contributed by atoms with Crippen molar-refractivity contribution < 1.29 is 4.74 Å². The van der Waals surface area contributed by atoms with Crippen LogP contribution in [-0.2, 0) is 6.54 Å². The van der Waals surface area contributed by atoms with Gasteiger partial charge in [0.05, 0.1) is 7.11 Å². The monoisotopic (exact) mass is 263 g/mol. The van der Waals surface area contributed by atoms with Gasteiger partial charge in [0.25, 0.3) is 0 Å². The van der Waals surface area contributed by atoms with Crippen molar-refractivity contribution in [2.75, 3.05) is 13.7 Å². The summed E-state index contributed by atoms with van der Waals surface area (Å²) >= 11 is 0. The van der Waals surface area contributed by atoms with Gasteiger partial charge in [0.15, 0.2) is 0 Å². The number of nitrogens with one attached hydrogen (secondary N) is 1. The summed E-state index contributed by atoms with van der Waals surface area (Å²) in [5, 5.41) is 3.45. The van der Waals surface area contributed by atoms with Crippen molar-refractivity contribution in [3.05, 3.63) is 42.5 Å². The second-order valence-corrected chi connectivity index (χ2v) is 4.16. The van der Waals surface area contributed by atoms with Crippen LogP contribution in [-0.4, -0.2) is 13.7 Å². The lowest BCUT2D eigenvalue weighted by atomic mass is 10.2. The van der Waals surface area contributed by atoms with E-state index in [4.69, 9.17) is 4.74 Å². The highest BCUT2D eigenvalue weighted by Gasteiger charge is 1.94. The highest BCUT2D eigenvalue weighted by Crippen LogP contribution is 2.10. The lowest BCUT2D eigenvalue weighted by Gasteiger charge is -2.05. The van der Waals surface area contributed by atoms with Crippen molar-refractivity contribution in [1.29, 1.82) is 0 Å². The Balaban J connectivity index is 0.00000154. The smallest absolute Gasteiger partial charge is 0.118 e. The quantitative estimate of drug-likeness (QED) is 0.521. The number of hydrogen-bond acceptors (Lipinski definition) is 2. The Morgan fingerprint density at radius 3 is 2.37 bits per heavy atom. The first-order valence-corrected chi connectivity index (χ1v) is 7.31. The van der Waals surface area contributed by atoms with E-state index in [0.29, 0.717) is 0 Å². The Labute approximate surface area is 118 Å². The van der Waals surface area contributed by atoms with Gasteiger partial charge in [-0.15, -0.1) is 6.58 Å². The predicted molar refractivity (Wildman–Crippen MR) is 84.7 cm³/mol. The number of rotatable bonds is 9. The van der Waals surface area contributed by atoms with Crippen LogP contribution < -0.4 is 10.1 Å². The molecular weight excluding hydrogens is 234 g/mol. The molecule has 0 saturated carbocycles. The van der Waals surface area contributed by atoms with Crippen LogP contribution in [0.5, 0.6) is 5.75 Å². The Bertz CT molecular complexity index is 306. The molecule has 1 rings (SSSR count). The second-order valence-electron chi connectivity index (χ2n) is 4.16. The van der Waals surface area contributed by atoms with Crippen molar-refractivity contribution >= 4 is 0 Å². The summed E-state index contributed by atoms with van der Waals surface area (Å²) in [7, 11) is 1.69. The van der Waals surface area contributed by atoms with E-state index in [1.54, 1.807) is 7.11 Å². The molecule has 19 heavy (non-hydrogen) atoms. The van der Waals surface area contributed by atoms with Crippen molar-refractivity contribution in [1.82, 2.24) is 5.32 Å². The summed E-state index contributed by atoms with van der Waals surface area (Å²) in [5.74, 6) is 0.915. The van der Waals surface area contributed by atoms with Crippen LogP contribution in [0.3, 0.4) is 0 Å². The first-order valence-electron chi connectivity index (χ1n) is 7.31. The summed E-state index contributed by atoms with van der Waals surface area (Å²) in [6.07, 6.45) is 6.91. The lowest BCUT2D eigenvalue weighted by molar-refractivity contribution is 0.414. The topological polar surface area (TPSA) is 21.3 Å². The van der Waals surface area contributed by atoms with E-state index < -0.39 is 0 Å². The fourth-order valence-electron chi connectivity index (χ4n) is 1.69. The number of methoxy groups -OCH3 is 1. The molecule has 0 heterocycles. The molecule has 1 aromatic rings. The summed E-state index contributed by atoms with van der Waals surface area (Å²) in [6.45, 7) is 9.75. The van der Waals surface area contributed by atoms with E-state index >= 15 is 0 Å². The van der Waals surface area contributed by atoms with Crippen molar-refractivity contribution in [2.24, 2.45) is 0 Å². The molecular formula is C17H29NO. The van der Waals surface area contributed by atoms with E-state index in [0.717, 1.165) is 25.3 Å². The van der Waals surface area contributed by atoms with Gasteiger partial charge in [-0.1, -0.05) is 38.5 Å². The van der Waals surface area contributed by atoms with Crippen LogP contribution in [0, 0.1) is 0 Å². The molecule has 1 aromatic carbocycles. The van der Waals surface area contributed by atoms with Gasteiger partial charge in [-0.05, 0) is 43.5 Å². The average Bonchev–Trinajstić information content (AvgIpc) is 2.49. The lowest BCUT2D eigenvalue weighted by Crippen LogP contribution is -2.14. The summed E-state index contributed by atoms with van der Waals surface area (Å²) in [6, 6.07) is 8.20. The molecule has 0 radical (unpaired) electrons. The van der Waals surface area contributed by atoms with E-state index in [1.807, 2.05) is 32.1 Å². The number of ether oxygens (including phenoxy) is 1. The van der Waals surface area contributed by atoms with Gasteiger partial charge in [0.1, 0.15) is 5.75 Å². The van der Waals surface area contributed by atoms with Gasteiger partial charge in [-0.3, -0.25) is 0 Å². The number of benzene rings is 1. The van der Waals surface area contributed by atoms with Gasteiger partial charge >= 0.3 is 0 Å². The average molecular weight is 263 g/mol. The third-order valence-corrected chi connectivity index (χ3v) is 2.75. The molecule has 0 spiro atoms. The van der Waals surface area contributed by atoms with Gasteiger partial charge in [-0.2, -0.15) is 0 Å². The molecule has 0 fully saturated rings. The largest absolute Gasteiger partial charge is 0.497 e. The van der Waals surface area contributed by atoms with Crippen LogP contribution in [0.25, 0.3) is 0 Å². The fraction of sp³-hybridized carbons (Fsp3) is 0.529. The molecule has 0 amide bonds. The highest BCUT2D eigenvalue weighted by molar-refractivity contribution is 5.26. The fourth-order valence-corrected chi connectivity index (χ4v) is 1.69. The molecule has 0 atom stereocenters. The van der Waals surface area contributed by atoms with Crippen LogP contribution >= 0.6 is 0 Å². The molecule has 0 aliphatic heterocycles. The maximum atomic E-state index is 5.12. The Kier molecular flexibility index (Phi) is 12.3. The first kappa shape index (κ1) is 17.7. The molecule has 2 heteroatoms. The number of hydrogen-bond donors (Lipinski definition) is 1. The maximum absolute atomic E-state index is 5.12. The molecule has 2 nitrogen and oxygen atoms in total. The normalized spacial score (nSPS) is 9.42. The van der Waals surface area contributed by atoms with Gasteiger partial charge in [-0.25, -0.2) is 0 Å². The number of allylic oxidation sites excluding steroid dienone is 1. The zero-order valence-electron chi connectivity index (χ0n) is 12.7. The maximum Gasteiger partial charge on any atom is 0.118 e. The Hall–Kier alpha value is -1.28. The molecule has 0 aliphatic rings. The molecule has 108 valence electrons. The zero-order valence-corrected chi connectivity index (χ0v) is 12.7. The zero-order chi connectivity index (χ0) is 14.3. The summed E-state index contributed by atoms with van der Waals surface area (Å²) in [4.78, 5) is 0. The SMILES string of the molecule is C=CCCCCCNCc1ccc(OC)cc1.CC. The molecule has 0 aliphatic carbocycles. The van der Waals surface area contributed by atoms with Crippen molar-refractivity contribution in [3.8, 4) is 5.75 Å². The van der Waals surface area contributed by atoms with Gasteiger partial charge < -0.3 is 10.1 Å². The predicted octanol–water partition coefficient (Wildman–Crippen LogP) is 4.56. The van der Waals surface area contributed by atoms with Crippen LogP contribution in [0.4, 0.5) is 0 Å². The first-order chi connectivity index (χ1) is 9.36. The van der Waals surface area contributed by atoms with Crippen LogP contribution in [0.2, 0.25) is 0 Å². The Morgan fingerprint density at radius 2 is 1.79 bits per heavy atom. The van der Waals surface area contributed by atoms with E-state index in [-0.39, 0.29) is 0 Å². The molecule has 0 aromatic heterocycles. The molecule has 1 N–H and O–H groups in total. The summed E-state index contributed by atoms with van der Waals surface area (Å²) < 4.78 is 5.12. The minimum atomic E-state index is 0.915. The molecule has 0 bridgehead atoms. The van der Waals surface area contributed by atoms with Gasteiger partial charge in [0, 0.05) is 6.54 Å². The molecule has 0 saturated heterocycles. The number of unbranched alkanes of at least 4 members (excludes halogenated alkanes) is 3. The standard InChI is InChI=1S/C15H23NO.C2H6/c1-3-4-5-6-7-12-16-13-14-8-10-15(17-2)11-9-14;1-2/h3,8-11,16H,1,4-7,12-13H2,2H3;1-2H3. The minimum absolute atomic E-state index is 0.915. The van der Waals surface area contributed by atoms with Crippen LogP contribution in [0.15, 0.2) is 36.9 Å².